The summed E-state index contributed by atoms with van der Waals surface area (Å²) in [5.74, 6) is 3.27. The number of aliphatic imine (C=N–C) groups is 1. The molecule has 30 heavy (non-hydrogen) atoms. The SMILES string of the molecule is CN=C(NCCCc1nnc(SC)n1CC(C)C)N1CCC(C)C(n2ccnc2)C1. The Kier molecular flexibility index (Phi) is 8.18. The van der Waals surface area contributed by atoms with Crippen molar-refractivity contribution in [2.24, 2.45) is 16.8 Å². The zero-order valence-electron chi connectivity index (χ0n) is 19.0. The van der Waals surface area contributed by atoms with Gasteiger partial charge in [0.25, 0.3) is 0 Å². The zero-order chi connectivity index (χ0) is 21.5. The molecule has 2 unspecified atom stereocenters. The summed E-state index contributed by atoms with van der Waals surface area (Å²) in [4.78, 5) is 11.1. The van der Waals surface area contributed by atoms with Crippen LogP contribution in [0.4, 0.5) is 0 Å². The molecular weight excluding hydrogens is 396 g/mol. The maximum Gasteiger partial charge on any atom is 0.193 e. The van der Waals surface area contributed by atoms with Crippen molar-refractivity contribution in [3.8, 4) is 0 Å². The van der Waals surface area contributed by atoms with Crippen LogP contribution in [0.2, 0.25) is 0 Å². The van der Waals surface area contributed by atoms with E-state index in [1.165, 1.54) is 0 Å². The first kappa shape index (κ1) is 22.7. The van der Waals surface area contributed by atoms with Gasteiger partial charge in [0.2, 0.25) is 0 Å². The van der Waals surface area contributed by atoms with Crippen molar-refractivity contribution in [3.05, 3.63) is 24.5 Å². The van der Waals surface area contributed by atoms with Crippen LogP contribution in [0.25, 0.3) is 0 Å². The summed E-state index contributed by atoms with van der Waals surface area (Å²) in [6.07, 6.45) is 11.0. The topological polar surface area (TPSA) is 76.2 Å². The largest absolute Gasteiger partial charge is 0.356 e. The third-order valence-electron chi connectivity index (χ3n) is 5.72. The second-order valence-electron chi connectivity index (χ2n) is 8.47. The zero-order valence-corrected chi connectivity index (χ0v) is 19.8. The molecule has 166 valence electrons. The maximum absolute atomic E-state index is 4.54. The summed E-state index contributed by atoms with van der Waals surface area (Å²) in [7, 11) is 1.87. The molecule has 3 rings (SSSR count). The summed E-state index contributed by atoms with van der Waals surface area (Å²) in [5, 5.41) is 13.3. The van der Waals surface area contributed by atoms with E-state index in [2.05, 4.69) is 72.7 Å². The Morgan fingerprint density at radius 3 is 2.87 bits per heavy atom. The van der Waals surface area contributed by atoms with E-state index in [0.29, 0.717) is 17.9 Å². The lowest BCUT2D eigenvalue weighted by molar-refractivity contribution is 0.189. The van der Waals surface area contributed by atoms with Crippen LogP contribution >= 0.6 is 11.8 Å². The average Bonchev–Trinajstić information content (AvgIpc) is 3.39. The molecule has 0 amide bonds. The smallest absolute Gasteiger partial charge is 0.193 e. The first-order valence-corrected chi connectivity index (χ1v) is 12.1. The number of nitrogens with one attached hydrogen (secondary N) is 1. The van der Waals surface area contributed by atoms with E-state index in [9.17, 15) is 0 Å². The number of guanidine groups is 1. The highest BCUT2D eigenvalue weighted by Gasteiger charge is 2.28. The van der Waals surface area contributed by atoms with Gasteiger partial charge in [-0.05, 0) is 30.9 Å². The molecule has 0 aromatic carbocycles. The molecule has 1 N–H and O–H groups in total. The highest BCUT2D eigenvalue weighted by atomic mass is 32.2. The first-order valence-electron chi connectivity index (χ1n) is 10.9. The van der Waals surface area contributed by atoms with Crippen molar-refractivity contribution >= 4 is 17.7 Å². The minimum Gasteiger partial charge on any atom is -0.356 e. The Labute approximate surface area is 184 Å². The number of piperidine rings is 1. The van der Waals surface area contributed by atoms with Crippen molar-refractivity contribution in [3.63, 3.8) is 0 Å². The van der Waals surface area contributed by atoms with Gasteiger partial charge in [0.1, 0.15) is 5.82 Å². The normalized spacial score (nSPS) is 20.2. The van der Waals surface area contributed by atoms with E-state index in [4.69, 9.17) is 0 Å². The van der Waals surface area contributed by atoms with Crippen LogP contribution in [0, 0.1) is 11.8 Å². The van der Waals surface area contributed by atoms with Gasteiger partial charge in [0.05, 0.1) is 12.4 Å². The van der Waals surface area contributed by atoms with E-state index < -0.39 is 0 Å². The van der Waals surface area contributed by atoms with Gasteiger partial charge in [-0.15, -0.1) is 10.2 Å². The highest BCUT2D eigenvalue weighted by molar-refractivity contribution is 7.98. The molecule has 2 atom stereocenters. The molecule has 1 fully saturated rings. The molecule has 0 bridgehead atoms. The monoisotopic (exact) mass is 432 g/mol. The van der Waals surface area contributed by atoms with E-state index in [1.807, 2.05) is 19.6 Å². The number of hydrogen-bond acceptors (Lipinski definition) is 5. The third-order valence-corrected chi connectivity index (χ3v) is 6.39. The van der Waals surface area contributed by atoms with E-state index >= 15 is 0 Å². The number of likely N-dealkylation sites (tertiary alicyclic amines) is 1. The molecule has 0 saturated carbocycles. The molecule has 1 aliphatic heterocycles. The molecule has 3 heterocycles. The van der Waals surface area contributed by atoms with Crippen molar-refractivity contribution in [1.29, 1.82) is 0 Å². The Morgan fingerprint density at radius 2 is 2.20 bits per heavy atom. The standard InChI is InChI=1S/C21H36N8S/c1-16(2)13-29-19(25-26-21(29)30-5)7-6-9-24-20(22-4)27-11-8-17(3)18(14-27)28-12-10-23-15-28/h10,12,15-18H,6-9,11,13-14H2,1-5H3,(H,22,24). The maximum atomic E-state index is 4.54. The van der Waals surface area contributed by atoms with Crippen LogP contribution in [0.15, 0.2) is 28.9 Å². The predicted molar refractivity (Wildman–Crippen MR) is 123 cm³/mol. The van der Waals surface area contributed by atoms with Gasteiger partial charge in [-0.1, -0.05) is 32.5 Å². The number of imidazole rings is 1. The third kappa shape index (κ3) is 5.56. The number of thioether (sulfide) groups is 1. The van der Waals surface area contributed by atoms with Crippen LogP contribution in [-0.4, -0.2) is 68.1 Å². The Balaban J connectivity index is 1.52. The predicted octanol–water partition coefficient (Wildman–Crippen LogP) is 2.94. The molecule has 8 nitrogen and oxygen atoms in total. The Hall–Kier alpha value is -2.03. The lowest BCUT2D eigenvalue weighted by atomic mass is 9.93. The number of nitrogens with zero attached hydrogens (tertiary/aromatic N) is 7. The number of aromatic nitrogens is 5. The van der Waals surface area contributed by atoms with Crippen LogP contribution in [0.3, 0.4) is 0 Å². The van der Waals surface area contributed by atoms with Gasteiger partial charge in [0, 0.05) is 52.0 Å². The second-order valence-corrected chi connectivity index (χ2v) is 9.25. The minimum absolute atomic E-state index is 0.430. The fourth-order valence-corrected chi connectivity index (χ4v) is 4.60. The minimum atomic E-state index is 0.430. The number of hydrogen-bond donors (Lipinski definition) is 1. The fraction of sp³-hybridized carbons (Fsp3) is 0.714. The first-order chi connectivity index (χ1) is 14.5. The Morgan fingerprint density at radius 1 is 1.37 bits per heavy atom. The summed E-state index contributed by atoms with van der Waals surface area (Å²) < 4.78 is 4.50. The van der Waals surface area contributed by atoms with Gasteiger partial charge in [0.15, 0.2) is 11.1 Å². The van der Waals surface area contributed by atoms with Crippen molar-refractivity contribution in [2.75, 3.05) is 32.9 Å². The van der Waals surface area contributed by atoms with Gasteiger partial charge >= 0.3 is 0 Å². The van der Waals surface area contributed by atoms with Gasteiger partial charge in [-0.3, -0.25) is 4.99 Å². The van der Waals surface area contributed by atoms with Crippen LogP contribution in [0.1, 0.15) is 45.5 Å². The van der Waals surface area contributed by atoms with E-state index in [1.54, 1.807) is 11.8 Å². The Bertz CT molecular complexity index is 798. The number of aryl methyl sites for hydroxylation is 1. The molecule has 1 saturated heterocycles. The van der Waals surface area contributed by atoms with Crippen LogP contribution in [-0.2, 0) is 13.0 Å². The fourth-order valence-electron chi connectivity index (χ4n) is 4.08. The van der Waals surface area contributed by atoms with Gasteiger partial charge < -0.3 is 19.4 Å². The lowest BCUT2D eigenvalue weighted by Gasteiger charge is -2.39. The molecule has 2 aromatic rings. The molecule has 0 spiro atoms. The highest BCUT2D eigenvalue weighted by Crippen LogP contribution is 2.27. The second kappa shape index (κ2) is 10.8. The summed E-state index contributed by atoms with van der Waals surface area (Å²) in [6, 6.07) is 0.430. The van der Waals surface area contributed by atoms with E-state index in [0.717, 1.165) is 62.4 Å². The molecule has 1 aliphatic rings. The van der Waals surface area contributed by atoms with Crippen molar-refractivity contribution in [2.45, 2.75) is 57.8 Å². The average molecular weight is 433 g/mol. The summed E-state index contributed by atoms with van der Waals surface area (Å²) in [5.41, 5.74) is 0. The van der Waals surface area contributed by atoms with Crippen LogP contribution in [0.5, 0.6) is 0 Å². The molecule has 0 aliphatic carbocycles. The lowest BCUT2D eigenvalue weighted by Crippen LogP contribution is -2.49. The molecule has 9 heteroatoms. The quantitative estimate of drug-likeness (QED) is 0.299. The van der Waals surface area contributed by atoms with Gasteiger partial charge in [-0.25, -0.2) is 4.98 Å². The molecule has 0 radical (unpaired) electrons. The van der Waals surface area contributed by atoms with Gasteiger partial charge in [-0.2, -0.15) is 0 Å². The molecule has 2 aromatic heterocycles. The van der Waals surface area contributed by atoms with E-state index in [-0.39, 0.29) is 0 Å². The summed E-state index contributed by atoms with van der Waals surface area (Å²) in [6.45, 7) is 10.6. The summed E-state index contributed by atoms with van der Waals surface area (Å²) >= 11 is 1.67. The van der Waals surface area contributed by atoms with Crippen molar-refractivity contribution < 1.29 is 0 Å². The molecular formula is C21H36N8S. The van der Waals surface area contributed by atoms with Crippen molar-refractivity contribution in [1.82, 2.24) is 34.5 Å². The number of rotatable bonds is 8. The van der Waals surface area contributed by atoms with Crippen LogP contribution < -0.4 is 5.32 Å².